The van der Waals surface area contributed by atoms with E-state index in [1.807, 2.05) is 0 Å². The minimum atomic E-state index is 0.480. The first-order valence-corrected chi connectivity index (χ1v) is 6.66. The van der Waals surface area contributed by atoms with E-state index in [-0.39, 0.29) is 0 Å². The molecule has 2 heteroatoms. The molecule has 88 valence electrons. The van der Waals surface area contributed by atoms with Crippen molar-refractivity contribution in [2.45, 2.75) is 70.6 Å². The predicted molar refractivity (Wildman–Crippen MR) is 63.0 cm³/mol. The summed E-state index contributed by atoms with van der Waals surface area (Å²) in [6, 6.07) is 0.733. The highest BCUT2D eigenvalue weighted by molar-refractivity contribution is 4.81. The molecular formula is C13H25NO. The molecule has 1 heterocycles. The maximum Gasteiger partial charge on any atom is 0.0704 e. The summed E-state index contributed by atoms with van der Waals surface area (Å²) in [5.41, 5.74) is 0. The largest absolute Gasteiger partial charge is 0.374 e. The average Bonchev–Trinajstić information content (AvgIpc) is 2.95. The second-order valence-electron chi connectivity index (χ2n) is 5.34. The van der Waals surface area contributed by atoms with Crippen molar-refractivity contribution in [1.82, 2.24) is 5.32 Å². The summed E-state index contributed by atoms with van der Waals surface area (Å²) in [7, 11) is 0. The van der Waals surface area contributed by atoms with Crippen LogP contribution in [0.4, 0.5) is 0 Å². The molecule has 0 amide bonds. The fourth-order valence-electron chi connectivity index (χ4n) is 2.48. The molecule has 1 aliphatic carbocycles. The van der Waals surface area contributed by atoms with Crippen LogP contribution in [0.25, 0.3) is 0 Å². The van der Waals surface area contributed by atoms with E-state index in [1.165, 1.54) is 38.5 Å². The van der Waals surface area contributed by atoms with E-state index in [4.69, 9.17) is 4.74 Å². The number of nitrogens with one attached hydrogen (secondary N) is 1. The van der Waals surface area contributed by atoms with Crippen molar-refractivity contribution >= 4 is 0 Å². The van der Waals surface area contributed by atoms with E-state index in [1.54, 1.807) is 0 Å². The molecule has 0 spiro atoms. The molecule has 3 unspecified atom stereocenters. The van der Waals surface area contributed by atoms with Crippen LogP contribution in [0.3, 0.4) is 0 Å². The third-order valence-electron chi connectivity index (χ3n) is 3.76. The van der Waals surface area contributed by atoms with Crippen LogP contribution in [0.1, 0.15) is 52.4 Å². The highest BCUT2D eigenvalue weighted by Crippen LogP contribution is 2.34. The van der Waals surface area contributed by atoms with Gasteiger partial charge in [-0.25, -0.2) is 0 Å². The van der Waals surface area contributed by atoms with Crippen molar-refractivity contribution in [2.24, 2.45) is 5.92 Å². The standard InChI is InChI=1S/C13H25NO/c1-3-12(8-11-5-6-11)14-9-13-7-4-10(2)15-13/h10-14H,3-9H2,1-2H3. The van der Waals surface area contributed by atoms with Crippen molar-refractivity contribution in [3.05, 3.63) is 0 Å². The van der Waals surface area contributed by atoms with Gasteiger partial charge in [-0.15, -0.1) is 0 Å². The van der Waals surface area contributed by atoms with Gasteiger partial charge in [0.1, 0.15) is 0 Å². The smallest absolute Gasteiger partial charge is 0.0704 e. The maximum atomic E-state index is 5.81. The Morgan fingerprint density at radius 3 is 2.60 bits per heavy atom. The van der Waals surface area contributed by atoms with Crippen molar-refractivity contribution in [2.75, 3.05) is 6.54 Å². The van der Waals surface area contributed by atoms with E-state index in [9.17, 15) is 0 Å². The van der Waals surface area contributed by atoms with Gasteiger partial charge in [-0.3, -0.25) is 0 Å². The van der Waals surface area contributed by atoms with Crippen molar-refractivity contribution in [3.8, 4) is 0 Å². The molecule has 0 aromatic heterocycles. The zero-order valence-electron chi connectivity index (χ0n) is 10.2. The zero-order chi connectivity index (χ0) is 10.7. The van der Waals surface area contributed by atoms with Gasteiger partial charge >= 0.3 is 0 Å². The molecule has 0 aromatic carbocycles. The van der Waals surface area contributed by atoms with Crippen molar-refractivity contribution < 1.29 is 4.74 Å². The molecule has 1 N–H and O–H groups in total. The lowest BCUT2D eigenvalue weighted by Gasteiger charge is -2.19. The number of rotatable bonds is 6. The molecule has 2 aliphatic rings. The van der Waals surface area contributed by atoms with E-state index in [0.29, 0.717) is 12.2 Å². The van der Waals surface area contributed by atoms with Crippen molar-refractivity contribution in [3.63, 3.8) is 0 Å². The number of ether oxygens (including phenoxy) is 1. The molecule has 3 atom stereocenters. The van der Waals surface area contributed by atoms with Crippen LogP contribution in [-0.4, -0.2) is 24.8 Å². The van der Waals surface area contributed by atoms with Gasteiger partial charge in [0.2, 0.25) is 0 Å². The first-order valence-electron chi connectivity index (χ1n) is 6.66. The lowest BCUT2D eigenvalue weighted by molar-refractivity contribution is 0.0539. The molecule has 0 bridgehead atoms. The molecule has 15 heavy (non-hydrogen) atoms. The number of hydrogen-bond donors (Lipinski definition) is 1. The highest BCUT2D eigenvalue weighted by atomic mass is 16.5. The molecular weight excluding hydrogens is 186 g/mol. The Morgan fingerprint density at radius 1 is 1.27 bits per heavy atom. The van der Waals surface area contributed by atoms with Crippen LogP contribution in [-0.2, 0) is 4.74 Å². The Morgan fingerprint density at radius 2 is 2.07 bits per heavy atom. The SMILES string of the molecule is CCC(CC1CC1)NCC1CCC(C)O1. The van der Waals surface area contributed by atoms with Gasteiger partial charge in [0.05, 0.1) is 12.2 Å². The van der Waals surface area contributed by atoms with E-state index in [2.05, 4.69) is 19.2 Å². The lowest BCUT2D eigenvalue weighted by atomic mass is 10.1. The van der Waals surface area contributed by atoms with Gasteiger partial charge < -0.3 is 10.1 Å². The lowest BCUT2D eigenvalue weighted by Crippen LogP contribution is -2.35. The minimum Gasteiger partial charge on any atom is -0.374 e. The van der Waals surface area contributed by atoms with Gasteiger partial charge in [-0.05, 0) is 38.5 Å². The quantitative estimate of drug-likeness (QED) is 0.729. The topological polar surface area (TPSA) is 21.3 Å². The summed E-state index contributed by atoms with van der Waals surface area (Å²) in [6.45, 7) is 5.54. The summed E-state index contributed by atoms with van der Waals surface area (Å²) < 4.78 is 5.81. The summed E-state index contributed by atoms with van der Waals surface area (Å²) in [4.78, 5) is 0. The second kappa shape index (κ2) is 5.31. The van der Waals surface area contributed by atoms with Crippen LogP contribution < -0.4 is 5.32 Å². The van der Waals surface area contributed by atoms with Gasteiger partial charge in [0.25, 0.3) is 0 Å². The summed E-state index contributed by atoms with van der Waals surface area (Å²) in [5.74, 6) is 1.03. The summed E-state index contributed by atoms with van der Waals surface area (Å²) >= 11 is 0. The Hall–Kier alpha value is -0.0800. The van der Waals surface area contributed by atoms with Crippen LogP contribution >= 0.6 is 0 Å². The van der Waals surface area contributed by atoms with Crippen molar-refractivity contribution in [1.29, 1.82) is 0 Å². The summed E-state index contributed by atoms with van der Waals surface area (Å²) in [6.07, 6.45) is 9.04. The molecule has 0 aromatic rings. The third-order valence-corrected chi connectivity index (χ3v) is 3.76. The Kier molecular flexibility index (Phi) is 4.04. The molecule has 1 saturated carbocycles. The first-order chi connectivity index (χ1) is 7.28. The molecule has 1 saturated heterocycles. The van der Waals surface area contributed by atoms with Crippen LogP contribution in [0, 0.1) is 5.92 Å². The van der Waals surface area contributed by atoms with Crippen LogP contribution in [0.15, 0.2) is 0 Å². The van der Waals surface area contributed by atoms with E-state index in [0.717, 1.165) is 18.5 Å². The third kappa shape index (κ3) is 3.76. The van der Waals surface area contributed by atoms with E-state index < -0.39 is 0 Å². The summed E-state index contributed by atoms with van der Waals surface area (Å²) in [5, 5.41) is 3.68. The monoisotopic (exact) mass is 211 g/mol. The zero-order valence-corrected chi connectivity index (χ0v) is 10.2. The van der Waals surface area contributed by atoms with E-state index >= 15 is 0 Å². The van der Waals surface area contributed by atoms with Crippen LogP contribution in [0.5, 0.6) is 0 Å². The molecule has 2 fully saturated rings. The first kappa shape index (κ1) is 11.4. The number of hydrogen-bond acceptors (Lipinski definition) is 2. The Bertz CT molecular complexity index is 191. The predicted octanol–water partition coefficient (Wildman–Crippen LogP) is 2.72. The van der Waals surface area contributed by atoms with Gasteiger partial charge in [-0.1, -0.05) is 19.8 Å². The highest BCUT2D eigenvalue weighted by Gasteiger charge is 2.26. The second-order valence-corrected chi connectivity index (χ2v) is 5.34. The fourth-order valence-corrected chi connectivity index (χ4v) is 2.48. The van der Waals surface area contributed by atoms with Gasteiger partial charge in [-0.2, -0.15) is 0 Å². The minimum absolute atomic E-state index is 0.480. The maximum absolute atomic E-state index is 5.81. The molecule has 2 nitrogen and oxygen atoms in total. The van der Waals surface area contributed by atoms with Gasteiger partial charge in [0.15, 0.2) is 0 Å². The fraction of sp³-hybridized carbons (Fsp3) is 1.00. The Labute approximate surface area is 93.8 Å². The molecule has 0 radical (unpaired) electrons. The van der Waals surface area contributed by atoms with Crippen LogP contribution in [0.2, 0.25) is 0 Å². The normalized spacial score (nSPS) is 33.2. The molecule has 2 rings (SSSR count). The van der Waals surface area contributed by atoms with Gasteiger partial charge in [0, 0.05) is 12.6 Å². The molecule has 1 aliphatic heterocycles. The average molecular weight is 211 g/mol. The Balaban J connectivity index is 1.61.